The molecule has 0 bridgehead atoms. The molecular formula is C22H26Cl2N2O2S. The zero-order chi connectivity index (χ0) is 21.2. The van der Waals surface area contributed by atoms with Crippen LogP contribution in [0.3, 0.4) is 0 Å². The molecule has 0 aliphatic rings. The first-order valence-electron chi connectivity index (χ1n) is 9.59. The minimum atomic E-state index is -0.533. The first kappa shape index (κ1) is 23.6. The van der Waals surface area contributed by atoms with Gasteiger partial charge in [-0.1, -0.05) is 60.5 Å². The second-order valence-corrected chi connectivity index (χ2v) is 8.38. The SMILES string of the molecule is CCNC(=O)[C@@H](CC)N(Cc1ccccc1Cl)C(=O)CSCc1ccc(Cl)cc1. The number of hydrogen-bond donors (Lipinski definition) is 1. The van der Waals surface area contributed by atoms with Gasteiger partial charge in [-0.3, -0.25) is 9.59 Å². The van der Waals surface area contributed by atoms with E-state index in [1.54, 1.807) is 11.0 Å². The number of likely N-dealkylation sites (N-methyl/N-ethyl adjacent to an activating group) is 1. The highest BCUT2D eigenvalue weighted by Gasteiger charge is 2.28. The number of halogens is 2. The van der Waals surface area contributed by atoms with Gasteiger partial charge in [0.05, 0.1) is 5.75 Å². The van der Waals surface area contributed by atoms with Crippen LogP contribution in [0.25, 0.3) is 0 Å². The third-order valence-electron chi connectivity index (χ3n) is 4.44. The predicted molar refractivity (Wildman–Crippen MR) is 122 cm³/mol. The fourth-order valence-electron chi connectivity index (χ4n) is 2.94. The largest absolute Gasteiger partial charge is 0.355 e. The summed E-state index contributed by atoms with van der Waals surface area (Å²) < 4.78 is 0. The quantitative estimate of drug-likeness (QED) is 0.540. The lowest BCUT2D eigenvalue weighted by atomic mass is 10.1. The molecule has 0 fully saturated rings. The summed E-state index contributed by atoms with van der Waals surface area (Å²) in [5.41, 5.74) is 1.92. The van der Waals surface area contributed by atoms with Gasteiger partial charge in [-0.05, 0) is 42.7 Å². The van der Waals surface area contributed by atoms with Crippen molar-refractivity contribution in [2.24, 2.45) is 0 Å². The number of benzene rings is 2. The molecule has 29 heavy (non-hydrogen) atoms. The normalized spacial score (nSPS) is 11.7. The lowest BCUT2D eigenvalue weighted by Crippen LogP contribution is -2.49. The molecule has 2 rings (SSSR count). The Kier molecular flexibility index (Phi) is 9.85. The van der Waals surface area contributed by atoms with Crippen molar-refractivity contribution in [2.75, 3.05) is 12.3 Å². The average molecular weight is 453 g/mol. The Hall–Kier alpha value is -1.69. The van der Waals surface area contributed by atoms with Crippen molar-refractivity contribution in [3.63, 3.8) is 0 Å². The summed E-state index contributed by atoms with van der Waals surface area (Å²) in [7, 11) is 0. The summed E-state index contributed by atoms with van der Waals surface area (Å²) in [5.74, 6) is 0.754. The highest BCUT2D eigenvalue weighted by molar-refractivity contribution is 7.99. The van der Waals surface area contributed by atoms with Crippen molar-refractivity contribution in [3.05, 3.63) is 69.7 Å². The van der Waals surface area contributed by atoms with Gasteiger partial charge < -0.3 is 10.2 Å². The molecular weight excluding hydrogens is 427 g/mol. The molecule has 7 heteroatoms. The third kappa shape index (κ3) is 7.25. The second-order valence-electron chi connectivity index (χ2n) is 6.55. The van der Waals surface area contributed by atoms with Crippen molar-refractivity contribution in [3.8, 4) is 0 Å². The van der Waals surface area contributed by atoms with Crippen molar-refractivity contribution in [1.82, 2.24) is 10.2 Å². The van der Waals surface area contributed by atoms with Crippen LogP contribution in [0.2, 0.25) is 10.0 Å². The molecule has 4 nitrogen and oxygen atoms in total. The zero-order valence-electron chi connectivity index (χ0n) is 16.7. The topological polar surface area (TPSA) is 49.4 Å². The predicted octanol–water partition coefficient (Wildman–Crippen LogP) is 5.17. The van der Waals surface area contributed by atoms with E-state index in [1.165, 1.54) is 11.8 Å². The number of rotatable bonds is 10. The Balaban J connectivity index is 2.11. The summed E-state index contributed by atoms with van der Waals surface area (Å²) in [5, 5.41) is 4.11. The number of thioether (sulfide) groups is 1. The van der Waals surface area contributed by atoms with Crippen LogP contribution in [-0.4, -0.2) is 35.1 Å². The number of carbonyl (C=O) groups excluding carboxylic acids is 2. The van der Waals surface area contributed by atoms with Crippen LogP contribution in [0.4, 0.5) is 0 Å². The van der Waals surface area contributed by atoms with Crippen LogP contribution in [0.1, 0.15) is 31.4 Å². The molecule has 156 valence electrons. The smallest absolute Gasteiger partial charge is 0.242 e. The molecule has 2 aromatic rings. The number of nitrogens with zero attached hydrogens (tertiary/aromatic N) is 1. The molecule has 0 aliphatic heterocycles. The van der Waals surface area contributed by atoms with E-state index in [9.17, 15) is 9.59 Å². The molecule has 0 saturated heterocycles. The first-order valence-corrected chi connectivity index (χ1v) is 11.5. The monoisotopic (exact) mass is 452 g/mol. The number of hydrogen-bond acceptors (Lipinski definition) is 3. The number of amides is 2. The van der Waals surface area contributed by atoms with Crippen LogP contribution in [-0.2, 0) is 21.9 Å². The van der Waals surface area contributed by atoms with Crippen LogP contribution in [0.5, 0.6) is 0 Å². The molecule has 0 aliphatic carbocycles. The first-order chi connectivity index (χ1) is 14.0. The van der Waals surface area contributed by atoms with Gasteiger partial charge in [0.1, 0.15) is 6.04 Å². The van der Waals surface area contributed by atoms with E-state index in [0.717, 1.165) is 11.1 Å². The molecule has 0 radical (unpaired) electrons. The maximum absolute atomic E-state index is 13.1. The Morgan fingerprint density at radius 3 is 2.38 bits per heavy atom. The molecule has 2 amide bonds. The zero-order valence-corrected chi connectivity index (χ0v) is 19.0. The number of nitrogens with one attached hydrogen (secondary N) is 1. The van der Waals surface area contributed by atoms with E-state index < -0.39 is 6.04 Å². The molecule has 0 aromatic heterocycles. The van der Waals surface area contributed by atoms with Crippen LogP contribution >= 0.6 is 35.0 Å². The van der Waals surface area contributed by atoms with Crippen LogP contribution in [0, 0.1) is 0 Å². The van der Waals surface area contributed by atoms with Gasteiger partial charge in [-0.2, -0.15) is 0 Å². The highest BCUT2D eigenvalue weighted by Crippen LogP contribution is 2.21. The maximum Gasteiger partial charge on any atom is 0.242 e. The molecule has 1 N–H and O–H groups in total. The summed E-state index contributed by atoms with van der Waals surface area (Å²) in [6.45, 7) is 4.60. The molecule has 0 unspecified atom stereocenters. The van der Waals surface area contributed by atoms with Crippen molar-refractivity contribution in [2.45, 2.75) is 38.6 Å². The van der Waals surface area contributed by atoms with Crippen molar-refractivity contribution < 1.29 is 9.59 Å². The molecule has 2 aromatic carbocycles. The van der Waals surface area contributed by atoms with Crippen molar-refractivity contribution in [1.29, 1.82) is 0 Å². The van der Waals surface area contributed by atoms with E-state index in [4.69, 9.17) is 23.2 Å². The Bertz CT molecular complexity index is 815. The summed E-state index contributed by atoms with van der Waals surface area (Å²) in [6, 6.07) is 14.4. The second kappa shape index (κ2) is 12.1. The van der Waals surface area contributed by atoms with Gasteiger partial charge in [-0.15, -0.1) is 11.8 Å². The van der Waals surface area contributed by atoms with E-state index in [2.05, 4.69) is 5.32 Å². The maximum atomic E-state index is 13.1. The van der Waals surface area contributed by atoms with Crippen LogP contribution in [0.15, 0.2) is 48.5 Å². The van der Waals surface area contributed by atoms with Gasteiger partial charge in [0, 0.05) is 28.9 Å². The fourth-order valence-corrected chi connectivity index (χ4v) is 4.13. The molecule has 0 saturated carbocycles. The minimum Gasteiger partial charge on any atom is -0.355 e. The number of carbonyl (C=O) groups is 2. The lowest BCUT2D eigenvalue weighted by molar-refractivity contribution is -0.139. The third-order valence-corrected chi connectivity index (χ3v) is 6.05. The highest BCUT2D eigenvalue weighted by atomic mass is 35.5. The molecule has 0 spiro atoms. The minimum absolute atomic E-state index is 0.0815. The van der Waals surface area contributed by atoms with Gasteiger partial charge in [0.15, 0.2) is 0 Å². The summed E-state index contributed by atoms with van der Waals surface area (Å²) in [6.07, 6.45) is 0.532. The van der Waals surface area contributed by atoms with E-state index in [-0.39, 0.29) is 17.6 Å². The summed E-state index contributed by atoms with van der Waals surface area (Å²) in [4.78, 5) is 27.3. The van der Waals surface area contributed by atoms with Gasteiger partial charge in [0.25, 0.3) is 0 Å². The van der Waals surface area contributed by atoms with Crippen molar-refractivity contribution >= 4 is 46.8 Å². The molecule has 1 atom stereocenters. The van der Waals surface area contributed by atoms with E-state index >= 15 is 0 Å². The molecule has 0 heterocycles. The van der Waals surface area contributed by atoms with Gasteiger partial charge in [-0.25, -0.2) is 0 Å². The standard InChI is InChI=1S/C22H26Cl2N2O2S/c1-3-20(22(28)25-4-2)26(13-17-7-5-6-8-19(17)24)21(27)15-29-14-16-9-11-18(23)12-10-16/h5-12,20H,3-4,13-15H2,1-2H3,(H,25,28)/t20-/m1/s1. The van der Waals surface area contributed by atoms with E-state index in [1.807, 2.05) is 56.3 Å². The lowest BCUT2D eigenvalue weighted by Gasteiger charge is -2.30. The fraction of sp³-hybridized carbons (Fsp3) is 0.364. The Morgan fingerprint density at radius 1 is 1.07 bits per heavy atom. The van der Waals surface area contributed by atoms with Crippen LogP contribution < -0.4 is 5.32 Å². The Morgan fingerprint density at radius 2 is 1.76 bits per heavy atom. The van der Waals surface area contributed by atoms with Gasteiger partial charge >= 0.3 is 0 Å². The van der Waals surface area contributed by atoms with Gasteiger partial charge in [0.2, 0.25) is 11.8 Å². The summed E-state index contributed by atoms with van der Waals surface area (Å²) >= 11 is 13.7. The Labute approximate surface area is 187 Å². The van der Waals surface area contributed by atoms with E-state index in [0.29, 0.717) is 35.3 Å². The average Bonchev–Trinajstić information content (AvgIpc) is 2.71.